The molecule has 1 heterocycles. The highest BCUT2D eigenvalue weighted by molar-refractivity contribution is 7.92. The first-order valence-electron chi connectivity index (χ1n) is 10.6. The molecule has 0 aromatic heterocycles. The molecule has 0 bridgehead atoms. The summed E-state index contributed by atoms with van der Waals surface area (Å²) in [5.41, 5.74) is 2.80. The van der Waals surface area contributed by atoms with E-state index in [1.54, 1.807) is 24.3 Å². The van der Waals surface area contributed by atoms with Crippen molar-refractivity contribution in [3.63, 3.8) is 0 Å². The van der Waals surface area contributed by atoms with Gasteiger partial charge in [-0.1, -0.05) is 24.6 Å². The van der Waals surface area contributed by atoms with Crippen LogP contribution in [-0.4, -0.2) is 64.8 Å². The SMILES string of the molecule is CC[C@@H](Oc1ccc(N(C)S(C)(=O)=O)cc1)C(=O)N1CCN(c2cc(Cl)ccc2C)CC1. The summed E-state index contributed by atoms with van der Waals surface area (Å²) in [6.07, 6.45) is 1.10. The second kappa shape index (κ2) is 10.0. The highest BCUT2D eigenvalue weighted by atomic mass is 35.5. The van der Waals surface area contributed by atoms with E-state index in [-0.39, 0.29) is 5.91 Å². The molecule has 0 radical (unpaired) electrons. The van der Waals surface area contributed by atoms with E-state index in [9.17, 15) is 13.2 Å². The lowest BCUT2D eigenvalue weighted by molar-refractivity contribution is -0.139. The summed E-state index contributed by atoms with van der Waals surface area (Å²) < 4.78 is 30.5. The second-order valence-electron chi connectivity index (χ2n) is 7.98. The lowest BCUT2D eigenvalue weighted by Crippen LogP contribution is -2.52. The van der Waals surface area contributed by atoms with Gasteiger partial charge in [0.05, 0.1) is 11.9 Å². The van der Waals surface area contributed by atoms with Crippen LogP contribution in [0.5, 0.6) is 5.75 Å². The molecule has 0 N–H and O–H groups in total. The number of hydrogen-bond acceptors (Lipinski definition) is 5. The highest BCUT2D eigenvalue weighted by Crippen LogP contribution is 2.26. The van der Waals surface area contributed by atoms with Gasteiger partial charge in [0.1, 0.15) is 5.75 Å². The van der Waals surface area contributed by atoms with Gasteiger partial charge in [-0.3, -0.25) is 9.10 Å². The van der Waals surface area contributed by atoms with Gasteiger partial charge in [-0.15, -0.1) is 0 Å². The van der Waals surface area contributed by atoms with Gasteiger partial charge in [-0.05, 0) is 55.3 Å². The molecule has 9 heteroatoms. The van der Waals surface area contributed by atoms with Crippen molar-refractivity contribution in [3.05, 3.63) is 53.1 Å². The summed E-state index contributed by atoms with van der Waals surface area (Å²) in [6.45, 7) is 6.67. The first-order chi connectivity index (χ1) is 15.1. The monoisotopic (exact) mass is 479 g/mol. The van der Waals surface area contributed by atoms with E-state index in [0.717, 1.165) is 30.6 Å². The van der Waals surface area contributed by atoms with E-state index in [2.05, 4.69) is 11.8 Å². The summed E-state index contributed by atoms with van der Waals surface area (Å²) in [5, 5.41) is 0.706. The van der Waals surface area contributed by atoms with Crippen molar-refractivity contribution in [1.82, 2.24) is 4.90 Å². The molecule has 1 aliphatic heterocycles. The van der Waals surface area contributed by atoms with Gasteiger partial charge in [0.15, 0.2) is 6.10 Å². The summed E-state index contributed by atoms with van der Waals surface area (Å²) in [7, 11) is -1.84. The lowest BCUT2D eigenvalue weighted by atomic mass is 10.1. The van der Waals surface area contributed by atoms with Crippen LogP contribution in [0.4, 0.5) is 11.4 Å². The Balaban J connectivity index is 1.61. The van der Waals surface area contributed by atoms with Crippen molar-refractivity contribution in [2.24, 2.45) is 0 Å². The zero-order chi connectivity index (χ0) is 23.5. The molecule has 1 atom stereocenters. The standard InChI is InChI=1S/C23H30ClN3O4S/c1-5-22(31-20-10-8-19(9-11-20)25(3)32(4,29)30)23(28)27-14-12-26(13-15-27)21-16-18(24)7-6-17(21)2/h6-11,16,22H,5,12-15H2,1-4H3/t22-/m1/s1. The molecule has 0 aliphatic carbocycles. The van der Waals surface area contributed by atoms with Gasteiger partial charge < -0.3 is 14.5 Å². The van der Waals surface area contributed by atoms with Crippen molar-refractivity contribution >= 4 is 38.9 Å². The Labute approximate surface area is 195 Å². The molecule has 1 aliphatic rings. The van der Waals surface area contributed by atoms with Gasteiger partial charge in [0.2, 0.25) is 10.0 Å². The molecule has 32 heavy (non-hydrogen) atoms. The minimum atomic E-state index is -3.33. The summed E-state index contributed by atoms with van der Waals surface area (Å²) in [6, 6.07) is 12.6. The highest BCUT2D eigenvalue weighted by Gasteiger charge is 2.28. The number of halogens is 1. The fourth-order valence-corrected chi connectivity index (χ4v) is 4.36. The molecule has 1 saturated heterocycles. The Bertz CT molecular complexity index is 1050. The Morgan fingerprint density at radius 3 is 2.31 bits per heavy atom. The number of benzene rings is 2. The third-order valence-corrected chi connectivity index (χ3v) is 7.17. The third kappa shape index (κ3) is 5.66. The number of piperazine rings is 1. The van der Waals surface area contributed by atoms with E-state index >= 15 is 0 Å². The van der Waals surface area contributed by atoms with Crippen molar-refractivity contribution in [1.29, 1.82) is 0 Å². The average molecular weight is 480 g/mol. The smallest absolute Gasteiger partial charge is 0.263 e. The number of anilines is 2. The number of ether oxygens (including phenoxy) is 1. The number of sulfonamides is 1. The van der Waals surface area contributed by atoms with Gasteiger partial charge in [-0.2, -0.15) is 0 Å². The maximum absolute atomic E-state index is 13.1. The van der Waals surface area contributed by atoms with Crippen LogP contribution in [0.2, 0.25) is 5.02 Å². The maximum Gasteiger partial charge on any atom is 0.263 e. The summed E-state index contributed by atoms with van der Waals surface area (Å²) >= 11 is 6.16. The largest absolute Gasteiger partial charge is 0.481 e. The quantitative estimate of drug-likeness (QED) is 0.607. The number of carbonyl (C=O) groups excluding carboxylic acids is 1. The minimum Gasteiger partial charge on any atom is -0.481 e. The first-order valence-corrected chi connectivity index (χ1v) is 12.8. The molecule has 1 fully saturated rings. The minimum absolute atomic E-state index is 0.0349. The van der Waals surface area contributed by atoms with Crippen molar-refractivity contribution in [2.45, 2.75) is 26.4 Å². The van der Waals surface area contributed by atoms with Crippen molar-refractivity contribution < 1.29 is 17.9 Å². The molecule has 174 valence electrons. The Morgan fingerprint density at radius 2 is 1.75 bits per heavy atom. The third-order valence-electron chi connectivity index (χ3n) is 5.73. The molecule has 0 saturated carbocycles. The van der Waals surface area contributed by atoms with E-state index in [1.807, 2.05) is 30.0 Å². The van der Waals surface area contributed by atoms with Crippen molar-refractivity contribution in [2.75, 3.05) is 48.7 Å². The van der Waals surface area contributed by atoms with Gasteiger partial charge >= 0.3 is 0 Å². The zero-order valence-electron chi connectivity index (χ0n) is 18.9. The van der Waals surface area contributed by atoms with Crippen molar-refractivity contribution in [3.8, 4) is 5.75 Å². The molecule has 0 unspecified atom stereocenters. The second-order valence-corrected chi connectivity index (χ2v) is 10.4. The average Bonchev–Trinajstić information content (AvgIpc) is 2.78. The number of rotatable bonds is 7. The van der Waals surface area contributed by atoms with Crippen LogP contribution in [0.1, 0.15) is 18.9 Å². The first kappa shape index (κ1) is 24.2. The number of aryl methyl sites for hydroxylation is 1. The normalized spacial score (nSPS) is 15.4. The Kier molecular flexibility index (Phi) is 7.56. The lowest BCUT2D eigenvalue weighted by Gasteiger charge is -2.38. The predicted molar refractivity (Wildman–Crippen MR) is 129 cm³/mol. The van der Waals surface area contributed by atoms with Gasteiger partial charge in [0, 0.05) is 43.9 Å². The number of amides is 1. The molecule has 2 aromatic carbocycles. The fourth-order valence-electron chi connectivity index (χ4n) is 3.69. The molecule has 2 aromatic rings. The topological polar surface area (TPSA) is 70.2 Å². The number of hydrogen-bond donors (Lipinski definition) is 0. The predicted octanol–water partition coefficient (Wildman–Crippen LogP) is 3.55. The summed E-state index contributed by atoms with van der Waals surface area (Å²) in [5.74, 6) is 0.497. The van der Waals surface area contributed by atoms with Crippen LogP contribution < -0.4 is 13.9 Å². The van der Waals surface area contributed by atoms with E-state index in [1.165, 1.54) is 11.4 Å². The van der Waals surface area contributed by atoms with Gasteiger partial charge in [0.25, 0.3) is 5.91 Å². The van der Waals surface area contributed by atoms with Gasteiger partial charge in [-0.25, -0.2) is 8.42 Å². The Hall–Kier alpha value is -2.45. The maximum atomic E-state index is 13.1. The van der Waals surface area contributed by atoms with Crippen LogP contribution in [0, 0.1) is 6.92 Å². The van der Waals surface area contributed by atoms with E-state index in [4.69, 9.17) is 16.3 Å². The number of carbonyl (C=O) groups is 1. The molecular formula is C23H30ClN3O4S. The van der Waals surface area contributed by atoms with Crippen LogP contribution in [-0.2, 0) is 14.8 Å². The van der Waals surface area contributed by atoms with Crippen LogP contribution >= 0.6 is 11.6 Å². The molecule has 1 amide bonds. The summed E-state index contributed by atoms with van der Waals surface area (Å²) in [4.78, 5) is 17.2. The zero-order valence-corrected chi connectivity index (χ0v) is 20.5. The van der Waals surface area contributed by atoms with E-state index in [0.29, 0.717) is 36.0 Å². The fraction of sp³-hybridized carbons (Fsp3) is 0.435. The number of nitrogens with zero attached hydrogens (tertiary/aromatic N) is 3. The van der Waals surface area contributed by atoms with Crippen LogP contribution in [0.15, 0.2) is 42.5 Å². The van der Waals surface area contributed by atoms with E-state index < -0.39 is 16.1 Å². The molecular weight excluding hydrogens is 450 g/mol. The Morgan fingerprint density at radius 1 is 1.12 bits per heavy atom. The molecule has 0 spiro atoms. The molecule has 3 rings (SSSR count). The molecule has 7 nitrogen and oxygen atoms in total. The van der Waals surface area contributed by atoms with Crippen LogP contribution in [0.25, 0.3) is 0 Å². The van der Waals surface area contributed by atoms with Crippen LogP contribution in [0.3, 0.4) is 0 Å².